The van der Waals surface area contributed by atoms with Gasteiger partial charge in [0.05, 0.1) is 40.2 Å². The number of ether oxygens (including phenoxy) is 1. The first-order valence-corrected chi connectivity index (χ1v) is 9.23. The fraction of sp³-hybridized carbons (Fsp3) is 0.350. The number of pyridine rings is 1. The molecule has 0 aliphatic carbocycles. The molecule has 152 valence electrons. The van der Waals surface area contributed by atoms with Crippen molar-refractivity contribution in [3.63, 3.8) is 0 Å². The number of aromatic nitrogens is 3. The smallest absolute Gasteiger partial charge is 0.329 e. The number of likely N-dealkylation sites (N-methyl/N-ethyl adjacent to an activating group) is 1. The summed E-state index contributed by atoms with van der Waals surface area (Å²) in [6, 6.07) is 1.35. The molecule has 0 bridgehead atoms. The molecule has 0 amide bonds. The Balaban J connectivity index is 2.17. The van der Waals surface area contributed by atoms with Crippen molar-refractivity contribution in [2.45, 2.75) is 12.6 Å². The Hall–Kier alpha value is -3.20. The molecule has 0 fully saturated rings. The molecule has 1 aliphatic rings. The number of hydrogen-bond donors (Lipinski definition) is 1. The van der Waals surface area contributed by atoms with E-state index in [1.165, 1.54) is 18.5 Å². The summed E-state index contributed by atoms with van der Waals surface area (Å²) in [5.41, 5.74) is 8.00. The lowest BCUT2D eigenvalue weighted by Gasteiger charge is -2.23. The first kappa shape index (κ1) is 19.1. The summed E-state index contributed by atoms with van der Waals surface area (Å²) in [5.74, 6) is -0.176. The van der Waals surface area contributed by atoms with Gasteiger partial charge in [-0.25, -0.2) is 9.18 Å². The zero-order valence-electron chi connectivity index (χ0n) is 16.8. The average Bonchev–Trinajstić information content (AvgIpc) is 2.81. The lowest BCUT2D eigenvalue weighted by molar-refractivity contribution is 0.146. The van der Waals surface area contributed by atoms with Crippen molar-refractivity contribution in [1.29, 1.82) is 0 Å². The van der Waals surface area contributed by atoms with Crippen molar-refractivity contribution < 1.29 is 9.13 Å². The van der Waals surface area contributed by atoms with Gasteiger partial charge in [0.1, 0.15) is 17.7 Å². The lowest BCUT2D eigenvalue weighted by Crippen LogP contribution is -2.37. The van der Waals surface area contributed by atoms with Crippen LogP contribution in [0.5, 0.6) is 5.75 Å². The predicted molar refractivity (Wildman–Crippen MR) is 112 cm³/mol. The second kappa shape index (κ2) is 7.00. The Bertz CT molecular complexity index is 1240. The van der Waals surface area contributed by atoms with Gasteiger partial charge in [-0.1, -0.05) is 0 Å². The number of nitrogens with zero attached hydrogens (tertiary/aromatic N) is 5. The second-order valence-electron chi connectivity index (χ2n) is 7.41. The van der Waals surface area contributed by atoms with Gasteiger partial charge >= 0.3 is 5.69 Å². The third kappa shape index (κ3) is 2.89. The van der Waals surface area contributed by atoms with Gasteiger partial charge < -0.3 is 15.4 Å². The van der Waals surface area contributed by atoms with Crippen molar-refractivity contribution >= 4 is 33.7 Å². The van der Waals surface area contributed by atoms with Crippen LogP contribution in [0.25, 0.3) is 27.5 Å². The van der Waals surface area contributed by atoms with E-state index in [0.29, 0.717) is 46.3 Å². The lowest BCUT2D eigenvalue weighted by atomic mass is 10.0. The summed E-state index contributed by atoms with van der Waals surface area (Å²) in [4.78, 5) is 23.3. The van der Waals surface area contributed by atoms with Gasteiger partial charge in [-0.05, 0) is 14.1 Å². The minimum absolute atomic E-state index is 0.162. The van der Waals surface area contributed by atoms with E-state index in [-0.39, 0.29) is 17.4 Å². The molecular formula is C20H23FN6O2. The fourth-order valence-corrected chi connectivity index (χ4v) is 3.96. The Morgan fingerprint density at radius 1 is 1.52 bits per heavy atom. The van der Waals surface area contributed by atoms with Crippen molar-refractivity contribution in [3.05, 3.63) is 40.3 Å². The Labute approximate surface area is 166 Å². The molecule has 1 atom stereocenters. The number of halogens is 1. The largest absolute Gasteiger partial charge is 0.486 e. The molecule has 9 heteroatoms. The SMILES string of the molecule is CN=CC(=CN)c1c(F)cc2ncc3c4c2c1OC(CN(C)C)Cn4c(=O)n3C. The normalized spacial score (nSPS) is 17.0. The van der Waals surface area contributed by atoms with E-state index in [4.69, 9.17) is 10.5 Å². The molecule has 0 spiro atoms. The van der Waals surface area contributed by atoms with E-state index in [9.17, 15) is 4.79 Å². The highest BCUT2D eigenvalue weighted by Gasteiger charge is 2.30. The molecule has 1 aliphatic heterocycles. The summed E-state index contributed by atoms with van der Waals surface area (Å²) in [6.07, 6.45) is 4.01. The topological polar surface area (TPSA) is 90.7 Å². The highest BCUT2D eigenvalue weighted by Crippen LogP contribution is 2.41. The van der Waals surface area contributed by atoms with Crippen molar-refractivity contribution in [2.24, 2.45) is 17.8 Å². The minimum atomic E-state index is -0.508. The van der Waals surface area contributed by atoms with E-state index in [1.807, 2.05) is 19.0 Å². The number of imidazole rings is 1. The molecule has 0 saturated carbocycles. The van der Waals surface area contributed by atoms with E-state index in [0.717, 1.165) is 0 Å². The molecule has 3 aromatic rings. The number of benzene rings is 1. The molecule has 2 aromatic heterocycles. The van der Waals surface area contributed by atoms with E-state index in [2.05, 4.69) is 9.98 Å². The highest BCUT2D eigenvalue weighted by molar-refractivity contribution is 6.15. The number of nitrogens with two attached hydrogens (primary N) is 1. The minimum Gasteiger partial charge on any atom is -0.486 e. The van der Waals surface area contributed by atoms with Gasteiger partial charge in [0, 0.05) is 44.7 Å². The van der Waals surface area contributed by atoms with Gasteiger partial charge in [-0.15, -0.1) is 0 Å². The zero-order valence-corrected chi connectivity index (χ0v) is 16.8. The van der Waals surface area contributed by atoms with Crippen LogP contribution in [0.2, 0.25) is 0 Å². The Morgan fingerprint density at radius 3 is 2.93 bits per heavy atom. The third-order valence-corrected chi connectivity index (χ3v) is 5.14. The van der Waals surface area contributed by atoms with Crippen LogP contribution in [-0.2, 0) is 13.6 Å². The molecule has 0 radical (unpaired) electrons. The number of allylic oxidation sites excluding steroid dienone is 1. The van der Waals surface area contributed by atoms with Crippen LogP contribution in [0.3, 0.4) is 0 Å². The standard InChI is InChI=1S/C20H23FN6O2/c1-23-7-11(6-22)16-13(21)5-14-17-18-15(8-24-14)26(4)20(28)27(18)10-12(9-25(2)3)29-19(16)17/h5-8,12H,9-10,22H2,1-4H3. The molecular weight excluding hydrogens is 375 g/mol. The van der Waals surface area contributed by atoms with Crippen LogP contribution >= 0.6 is 0 Å². The summed E-state index contributed by atoms with van der Waals surface area (Å²) >= 11 is 0. The zero-order chi connectivity index (χ0) is 20.9. The second-order valence-corrected chi connectivity index (χ2v) is 7.41. The first-order chi connectivity index (χ1) is 13.9. The Kier molecular flexibility index (Phi) is 4.62. The Morgan fingerprint density at radius 2 is 2.28 bits per heavy atom. The predicted octanol–water partition coefficient (Wildman–Crippen LogP) is 1.35. The maximum Gasteiger partial charge on any atom is 0.329 e. The summed E-state index contributed by atoms with van der Waals surface area (Å²) in [5, 5.41) is 0.599. The highest BCUT2D eigenvalue weighted by atomic mass is 19.1. The molecule has 1 unspecified atom stereocenters. The monoisotopic (exact) mass is 398 g/mol. The van der Waals surface area contributed by atoms with Gasteiger partial charge in [0.2, 0.25) is 0 Å². The number of aliphatic imine (C=N–C) groups is 1. The maximum atomic E-state index is 15.2. The van der Waals surface area contributed by atoms with Crippen LogP contribution in [0.15, 0.2) is 28.3 Å². The van der Waals surface area contributed by atoms with Gasteiger partial charge in [-0.3, -0.25) is 19.1 Å². The number of rotatable bonds is 4. The van der Waals surface area contributed by atoms with E-state index < -0.39 is 5.82 Å². The number of aryl methyl sites for hydroxylation is 1. The van der Waals surface area contributed by atoms with Crippen LogP contribution in [0, 0.1) is 5.82 Å². The van der Waals surface area contributed by atoms with E-state index >= 15 is 4.39 Å². The molecule has 0 saturated heterocycles. The van der Waals surface area contributed by atoms with Crippen LogP contribution in [-0.4, -0.2) is 59.0 Å². The van der Waals surface area contributed by atoms with E-state index in [1.54, 1.807) is 29.4 Å². The molecule has 3 heterocycles. The number of hydrogen-bond acceptors (Lipinski definition) is 6. The van der Waals surface area contributed by atoms with Crippen LogP contribution < -0.4 is 16.2 Å². The third-order valence-electron chi connectivity index (χ3n) is 5.14. The fourth-order valence-electron chi connectivity index (χ4n) is 3.96. The first-order valence-electron chi connectivity index (χ1n) is 9.23. The van der Waals surface area contributed by atoms with Gasteiger partial charge in [-0.2, -0.15) is 0 Å². The van der Waals surface area contributed by atoms with Crippen LogP contribution in [0.4, 0.5) is 4.39 Å². The maximum absolute atomic E-state index is 15.2. The molecule has 4 rings (SSSR count). The molecule has 29 heavy (non-hydrogen) atoms. The van der Waals surface area contributed by atoms with Crippen molar-refractivity contribution in [2.75, 3.05) is 27.7 Å². The summed E-state index contributed by atoms with van der Waals surface area (Å²) in [7, 11) is 7.13. The van der Waals surface area contributed by atoms with Crippen molar-refractivity contribution in [3.8, 4) is 5.75 Å². The molecule has 1 aromatic carbocycles. The van der Waals surface area contributed by atoms with Gasteiger partial charge in [0.15, 0.2) is 0 Å². The van der Waals surface area contributed by atoms with Crippen molar-refractivity contribution in [1.82, 2.24) is 19.0 Å². The quantitative estimate of drug-likeness (QED) is 0.670. The molecule has 2 N–H and O–H groups in total. The van der Waals surface area contributed by atoms with Gasteiger partial charge in [0.25, 0.3) is 0 Å². The average molecular weight is 398 g/mol. The summed E-state index contributed by atoms with van der Waals surface area (Å²) < 4.78 is 24.8. The summed E-state index contributed by atoms with van der Waals surface area (Å²) in [6.45, 7) is 0.887. The molecule has 8 nitrogen and oxygen atoms in total. The van der Waals surface area contributed by atoms with Crippen LogP contribution in [0.1, 0.15) is 5.56 Å².